The van der Waals surface area contributed by atoms with Gasteiger partial charge >= 0.3 is 0 Å². The molecule has 5 nitrogen and oxygen atoms in total. The maximum atomic E-state index is 4.29. The fraction of sp³-hybridized carbons (Fsp3) is 0.467. The molecule has 0 amide bonds. The molecule has 1 fully saturated rings. The zero-order valence-corrected chi connectivity index (χ0v) is 11.7. The van der Waals surface area contributed by atoms with Gasteiger partial charge in [0.05, 0.1) is 6.54 Å². The third kappa shape index (κ3) is 3.57. The molecule has 2 aromatic rings. The number of nitrogens with zero attached hydrogens (tertiary/aromatic N) is 4. The summed E-state index contributed by atoms with van der Waals surface area (Å²) in [6, 6.07) is 7.95. The number of hydrogen-bond acceptors (Lipinski definition) is 4. The summed E-state index contributed by atoms with van der Waals surface area (Å²) in [6.07, 6.45) is 6.95. The lowest BCUT2D eigenvalue weighted by molar-refractivity contribution is 0.305. The van der Waals surface area contributed by atoms with E-state index in [1.54, 1.807) is 0 Å². The van der Waals surface area contributed by atoms with E-state index in [0.29, 0.717) is 0 Å². The lowest BCUT2D eigenvalue weighted by Gasteiger charge is -2.16. The molecular weight excluding hydrogens is 250 g/mol. The Hall–Kier alpha value is -1.88. The lowest BCUT2D eigenvalue weighted by Crippen LogP contribution is -2.26. The molecule has 0 bridgehead atoms. The van der Waals surface area contributed by atoms with Crippen LogP contribution < -0.4 is 5.32 Å². The van der Waals surface area contributed by atoms with Gasteiger partial charge in [-0.3, -0.25) is 4.68 Å². The van der Waals surface area contributed by atoms with Gasteiger partial charge in [0.2, 0.25) is 0 Å². The second-order valence-electron chi connectivity index (χ2n) is 5.32. The largest absolute Gasteiger partial charge is 0.370 e. The smallest absolute Gasteiger partial charge is 0.125 e. The third-order valence-corrected chi connectivity index (χ3v) is 3.81. The first-order valence-electron chi connectivity index (χ1n) is 7.25. The zero-order chi connectivity index (χ0) is 13.6. The van der Waals surface area contributed by atoms with Crippen molar-refractivity contribution in [1.29, 1.82) is 0 Å². The molecule has 3 heterocycles. The van der Waals surface area contributed by atoms with Gasteiger partial charge in [0, 0.05) is 38.2 Å². The Bertz CT molecular complexity index is 496. The number of pyridine rings is 1. The number of likely N-dealkylation sites (tertiary alicyclic amines) is 1. The van der Waals surface area contributed by atoms with E-state index in [0.717, 1.165) is 31.4 Å². The average molecular weight is 271 g/mol. The topological polar surface area (TPSA) is 46.0 Å². The maximum Gasteiger partial charge on any atom is 0.125 e. The minimum absolute atomic E-state index is 0.717. The number of rotatable bonds is 6. The molecule has 5 heteroatoms. The van der Waals surface area contributed by atoms with Crippen LogP contribution in [0.15, 0.2) is 42.9 Å². The van der Waals surface area contributed by atoms with Gasteiger partial charge < -0.3 is 10.2 Å². The van der Waals surface area contributed by atoms with Crippen LogP contribution in [-0.4, -0.2) is 45.8 Å². The molecule has 1 atom stereocenters. The SMILES string of the molecule is c1ccc(NCC2CCN(CCn3cccn3)C2)nc1. The molecule has 3 rings (SSSR count). The molecule has 1 unspecified atom stereocenters. The normalized spacial score (nSPS) is 19.3. The van der Waals surface area contributed by atoms with Crippen LogP contribution in [0.2, 0.25) is 0 Å². The van der Waals surface area contributed by atoms with Gasteiger partial charge in [0.1, 0.15) is 5.82 Å². The van der Waals surface area contributed by atoms with Crippen molar-refractivity contribution in [1.82, 2.24) is 19.7 Å². The summed E-state index contributed by atoms with van der Waals surface area (Å²) in [4.78, 5) is 6.81. The number of hydrogen-bond donors (Lipinski definition) is 1. The van der Waals surface area contributed by atoms with Gasteiger partial charge in [-0.25, -0.2) is 4.98 Å². The minimum Gasteiger partial charge on any atom is -0.370 e. The highest BCUT2D eigenvalue weighted by atomic mass is 15.3. The van der Waals surface area contributed by atoms with Gasteiger partial charge in [0.25, 0.3) is 0 Å². The van der Waals surface area contributed by atoms with Crippen LogP contribution in [0, 0.1) is 5.92 Å². The van der Waals surface area contributed by atoms with Crippen LogP contribution >= 0.6 is 0 Å². The predicted molar refractivity (Wildman–Crippen MR) is 79.5 cm³/mol. The van der Waals surface area contributed by atoms with Crippen LogP contribution in [-0.2, 0) is 6.54 Å². The van der Waals surface area contributed by atoms with Crippen molar-refractivity contribution in [2.45, 2.75) is 13.0 Å². The van der Waals surface area contributed by atoms with E-state index in [4.69, 9.17) is 0 Å². The van der Waals surface area contributed by atoms with E-state index in [1.165, 1.54) is 19.5 Å². The molecule has 1 saturated heterocycles. The molecule has 0 spiro atoms. The van der Waals surface area contributed by atoms with Crippen molar-refractivity contribution in [2.75, 3.05) is 31.5 Å². The van der Waals surface area contributed by atoms with Gasteiger partial charge in [0.15, 0.2) is 0 Å². The van der Waals surface area contributed by atoms with Crippen molar-refractivity contribution in [3.63, 3.8) is 0 Å². The molecule has 0 aromatic carbocycles. The summed E-state index contributed by atoms with van der Waals surface area (Å²) in [7, 11) is 0. The van der Waals surface area contributed by atoms with Crippen LogP contribution in [0.1, 0.15) is 6.42 Å². The van der Waals surface area contributed by atoms with Gasteiger partial charge in [-0.15, -0.1) is 0 Å². The lowest BCUT2D eigenvalue weighted by atomic mass is 10.1. The Morgan fingerprint density at radius 3 is 3.00 bits per heavy atom. The monoisotopic (exact) mass is 271 g/mol. The van der Waals surface area contributed by atoms with E-state index in [1.807, 2.05) is 47.5 Å². The van der Waals surface area contributed by atoms with Gasteiger partial charge in [-0.2, -0.15) is 5.10 Å². The Balaban J connectivity index is 1.38. The fourth-order valence-electron chi connectivity index (χ4n) is 2.68. The van der Waals surface area contributed by atoms with Crippen LogP contribution in [0.4, 0.5) is 5.82 Å². The zero-order valence-electron chi connectivity index (χ0n) is 11.7. The van der Waals surface area contributed by atoms with Gasteiger partial charge in [-0.1, -0.05) is 6.07 Å². The molecule has 2 aromatic heterocycles. The number of nitrogens with one attached hydrogen (secondary N) is 1. The summed E-state index contributed by atoms with van der Waals surface area (Å²) in [6.45, 7) is 5.43. The molecule has 1 aliphatic rings. The van der Waals surface area contributed by atoms with Crippen molar-refractivity contribution in [2.24, 2.45) is 5.92 Å². The second-order valence-corrected chi connectivity index (χ2v) is 5.32. The number of aromatic nitrogens is 3. The molecule has 0 aliphatic carbocycles. The predicted octanol–water partition coefficient (Wildman–Crippen LogP) is 1.71. The quantitative estimate of drug-likeness (QED) is 0.869. The molecule has 20 heavy (non-hydrogen) atoms. The van der Waals surface area contributed by atoms with E-state index in [2.05, 4.69) is 20.3 Å². The number of anilines is 1. The Morgan fingerprint density at radius 1 is 1.20 bits per heavy atom. The standard InChI is InChI=1S/C15H21N5/c1-2-6-16-15(4-1)17-12-14-5-9-19(13-14)10-11-20-8-3-7-18-20/h1-4,6-8,14H,5,9-13H2,(H,16,17). The second kappa shape index (κ2) is 6.52. The highest BCUT2D eigenvalue weighted by Gasteiger charge is 2.21. The summed E-state index contributed by atoms with van der Waals surface area (Å²) < 4.78 is 2.00. The van der Waals surface area contributed by atoms with Crippen LogP contribution in [0.25, 0.3) is 0 Å². The summed E-state index contributed by atoms with van der Waals surface area (Å²) >= 11 is 0. The summed E-state index contributed by atoms with van der Waals surface area (Å²) in [5.41, 5.74) is 0. The average Bonchev–Trinajstić information content (AvgIpc) is 3.16. The summed E-state index contributed by atoms with van der Waals surface area (Å²) in [5, 5.41) is 7.66. The molecule has 0 saturated carbocycles. The highest BCUT2D eigenvalue weighted by Crippen LogP contribution is 2.16. The van der Waals surface area contributed by atoms with E-state index in [-0.39, 0.29) is 0 Å². The minimum atomic E-state index is 0.717. The van der Waals surface area contributed by atoms with Crippen LogP contribution in [0.5, 0.6) is 0 Å². The van der Waals surface area contributed by atoms with Crippen LogP contribution in [0.3, 0.4) is 0 Å². The van der Waals surface area contributed by atoms with Crippen molar-refractivity contribution < 1.29 is 0 Å². The molecular formula is C15H21N5. The Morgan fingerprint density at radius 2 is 2.20 bits per heavy atom. The molecule has 0 radical (unpaired) electrons. The molecule has 1 aliphatic heterocycles. The first-order valence-corrected chi connectivity index (χ1v) is 7.25. The summed E-state index contributed by atoms with van der Waals surface area (Å²) in [5.74, 6) is 1.69. The fourth-order valence-corrected chi connectivity index (χ4v) is 2.68. The van der Waals surface area contributed by atoms with Crippen molar-refractivity contribution >= 4 is 5.82 Å². The van der Waals surface area contributed by atoms with Crippen molar-refractivity contribution in [3.8, 4) is 0 Å². The Labute approximate surface area is 119 Å². The van der Waals surface area contributed by atoms with Gasteiger partial charge in [-0.05, 0) is 37.1 Å². The van der Waals surface area contributed by atoms with E-state index in [9.17, 15) is 0 Å². The Kier molecular flexibility index (Phi) is 4.28. The highest BCUT2D eigenvalue weighted by molar-refractivity contribution is 5.33. The molecule has 106 valence electrons. The van der Waals surface area contributed by atoms with E-state index < -0.39 is 0 Å². The van der Waals surface area contributed by atoms with Crippen molar-refractivity contribution in [3.05, 3.63) is 42.9 Å². The van der Waals surface area contributed by atoms with E-state index >= 15 is 0 Å². The molecule has 1 N–H and O–H groups in total. The maximum absolute atomic E-state index is 4.29. The first-order chi connectivity index (χ1) is 9.90. The first kappa shape index (κ1) is 13.1. The third-order valence-electron chi connectivity index (χ3n) is 3.81.